The van der Waals surface area contributed by atoms with Crippen LogP contribution in [-0.2, 0) is 11.2 Å². The number of aliphatic carboxylic acids is 1. The smallest absolute Gasteiger partial charge is 0.311 e. The summed E-state index contributed by atoms with van der Waals surface area (Å²) in [4.78, 5) is 14.6. The molecule has 2 aromatic heterocycles. The van der Waals surface area contributed by atoms with Crippen molar-refractivity contribution < 1.29 is 9.90 Å². The van der Waals surface area contributed by atoms with Crippen molar-refractivity contribution in [3.8, 4) is 5.82 Å². The van der Waals surface area contributed by atoms with E-state index >= 15 is 0 Å². The van der Waals surface area contributed by atoms with Crippen molar-refractivity contribution in [1.29, 1.82) is 0 Å². The van der Waals surface area contributed by atoms with Crippen LogP contribution in [0, 0.1) is 0 Å². The lowest BCUT2D eigenvalue weighted by atomic mass is 10.4. The first kappa shape index (κ1) is 9.32. The van der Waals surface area contributed by atoms with Gasteiger partial charge in [-0.25, -0.2) is 4.98 Å². The normalized spacial score (nSPS) is 10.1. The summed E-state index contributed by atoms with van der Waals surface area (Å²) in [6.45, 7) is 0. The highest BCUT2D eigenvalue weighted by molar-refractivity contribution is 5.69. The largest absolute Gasteiger partial charge is 0.481 e. The van der Waals surface area contributed by atoms with Crippen LogP contribution in [0.15, 0.2) is 30.7 Å². The minimum Gasteiger partial charge on any atom is -0.481 e. The van der Waals surface area contributed by atoms with Crippen LogP contribution in [0.25, 0.3) is 5.82 Å². The third kappa shape index (κ3) is 1.98. The van der Waals surface area contributed by atoms with Gasteiger partial charge < -0.3 is 5.11 Å². The highest BCUT2D eigenvalue weighted by atomic mass is 16.4. The first-order valence-corrected chi connectivity index (χ1v) is 4.29. The summed E-state index contributed by atoms with van der Waals surface area (Å²) < 4.78 is 1.55. The Morgan fingerprint density at radius 2 is 2.33 bits per heavy atom. The molecule has 0 aliphatic carbocycles. The lowest BCUT2D eigenvalue weighted by molar-refractivity contribution is -0.136. The average molecular weight is 204 g/mol. The predicted octanol–water partition coefficient (Wildman–Crippen LogP) is 0.289. The summed E-state index contributed by atoms with van der Waals surface area (Å²) >= 11 is 0. The molecule has 0 aliphatic heterocycles. The monoisotopic (exact) mass is 204 g/mol. The number of rotatable bonds is 3. The quantitative estimate of drug-likeness (QED) is 0.777. The van der Waals surface area contributed by atoms with Gasteiger partial charge in [0, 0.05) is 6.20 Å². The Bertz CT molecular complexity index is 466. The zero-order valence-corrected chi connectivity index (χ0v) is 7.74. The van der Waals surface area contributed by atoms with Crippen molar-refractivity contribution in [2.24, 2.45) is 0 Å². The fraction of sp³-hybridized carbons (Fsp3) is 0.111. The molecule has 0 aromatic carbocycles. The van der Waals surface area contributed by atoms with Crippen molar-refractivity contribution >= 4 is 5.97 Å². The molecule has 76 valence electrons. The molecule has 1 N–H and O–H groups in total. The molecule has 0 bridgehead atoms. The lowest BCUT2D eigenvalue weighted by Crippen LogP contribution is -2.08. The summed E-state index contributed by atoms with van der Waals surface area (Å²) in [5.41, 5.74) is 0. The van der Waals surface area contributed by atoms with E-state index in [1.165, 1.54) is 6.33 Å². The fourth-order valence-corrected chi connectivity index (χ4v) is 1.20. The SMILES string of the molecule is O=C(O)Cc1nncn1-c1ccccn1. The number of carboxylic acid groups (broad SMARTS) is 1. The molecule has 0 radical (unpaired) electrons. The van der Waals surface area contributed by atoms with Crippen LogP contribution >= 0.6 is 0 Å². The first-order chi connectivity index (χ1) is 7.27. The summed E-state index contributed by atoms with van der Waals surface area (Å²) in [6.07, 6.45) is 2.90. The van der Waals surface area contributed by atoms with E-state index in [1.54, 1.807) is 22.9 Å². The number of aromatic nitrogens is 4. The number of hydrogen-bond acceptors (Lipinski definition) is 4. The maximum Gasteiger partial charge on any atom is 0.311 e. The molecular formula is C9H8N4O2. The Morgan fingerprint density at radius 1 is 1.47 bits per heavy atom. The van der Waals surface area contributed by atoms with Crippen molar-refractivity contribution in [3.63, 3.8) is 0 Å². The van der Waals surface area contributed by atoms with E-state index in [2.05, 4.69) is 15.2 Å². The molecule has 0 unspecified atom stereocenters. The Balaban J connectivity index is 2.37. The minimum atomic E-state index is -0.944. The van der Waals surface area contributed by atoms with E-state index in [0.29, 0.717) is 11.6 Å². The van der Waals surface area contributed by atoms with Gasteiger partial charge in [-0.2, -0.15) is 0 Å². The second kappa shape index (κ2) is 3.87. The van der Waals surface area contributed by atoms with Crippen LogP contribution < -0.4 is 0 Å². The Labute approximate surface area is 85.2 Å². The molecular weight excluding hydrogens is 196 g/mol. The van der Waals surface area contributed by atoms with Gasteiger partial charge in [0.1, 0.15) is 24.4 Å². The molecule has 15 heavy (non-hydrogen) atoms. The number of hydrogen-bond donors (Lipinski definition) is 1. The zero-order chi connectivity index (χ0) is 10.7. The van der Waals surface area contributed by atoms with Crippen LogP contribution in [0.1, 0.15) is 5.82 Å². The molecule has 0 aliphatic rings. The zero-order valence-electron chi connectivity index (χ0n) is 7.74. The Hall–Kier alpha value is -2.24. The second-order valence-corrected chi connectivity index (χ2v) is 2.88. The third-order valence-electron chi connectivity index (χ3n) is 1.82. The summed E-state index contributed by atoms with van der Waals surface area (Å²) in [5.74, 6) is 0.0279. The van der Waals surface area contributed by atoms with E-state index in [-0.39, 0.29) is 6.42 Å². The van der Waals surface area contributed by atoms with Gasteiger partial charge in [0.15, 0.2) is 0 Å². The fourth-order valence-electron chi connectivity index (χ4n) is 1.20. The molecule has 0 spiro atoms. The van der Waals surface area contributed by atoms with E-state index in [1.807, 2.05) is 6.07 Å². The molecule has 0 saturated carbocycles. The molecule has 2 aromatic rings. The molecule has 0 atom stereocenters. The molecule has 2 heterocycles. The average Bonchev–Trinajstić information content (AvgIpc) is 2.66. The topological polar surface area (TPSA) is 80.9 Å². The van der Waals surface area contributed by atoms with Crippen LogP contribution in [0.3, 0.4) is 0 Å². The molecule has 6 nitrogen and oxygen atoms in total. The molecule has 2 rings (SSSR count). The van der Waals surface area contributed by atoms with Crippen molar-refractivity contribution in [1.82, 2.24) is 19.7 Å². The number of nitrogens with zero attached hydrogens (tertiary/aromatic N) is 4. The maximum absolute atomic E-state index is 10.5. The van der Waals surface area contributed by atoms with Crippen molar-refractivity contribution in [2.45, 2.75) is 6.42 Å². The summed E-state index contributed by atoms with van der Waals surface area (Å²) in [5, 5.41) is 16.0. The summed E-state index contributed by atoms with van der Waals surface area (Å²) in [6, 6.07) is 5.35. The minimum absolute atomic E-state index is 0.170. The molecule has 0 amide bonds. The van der Waals surface area contributed by atoms with Crippen LogP contribution in [-0.4, -0.2) is 30.8 Å². The lowest BCUT2D eigenvalue weighted by Gasteiger charge is -2.02. The van der Waals surface area contributed by atoms with Crippen molar-refractivity contribution in [2.75, 3.05) is 0 Å². The van der Waals surface area contributed by atoms with Gasteiger partial charge in [0.2, 0.25) is 0 Å². The van der Waals surface area contributed by atoms with Gasteiger partial charge in [-0.1, -0.05) is 6.07 Å². The van der Waals surface area contributed by atoms with Crippen LogP contribution in [0.5, 0.6) is 0 Å². The van der Waals surface area contributed by atoms with Crippen LogP contribution in [0.2, 0.25) is 0 Å². The molecule has 6 heteroatoms. The first-order valence-electron chi connectivity index (χ1n) is 4.29. The second-order valence-electron chi connectivity index (χ2n) is 2.88. The van der Waals surface area contributed by atoms with E-state index in [9.17, 15) is 4.79 Å². The number of pyridine rings is 1. The van der Waals surface area contributed by atoms with Gasteiger partial charge >= 0.3 is 5.97 Å². The van der Waals surface area contributed by atoms with Gasteiger partial charge in [-0.3, -0.25) is 9.36 Å². The van der Waals surface area contributed by atoms with Crippen molar-refractivity contribution in [3.05, 3.63) is 36.5 Å². The highest BCUT2D eigenvalue weighted by Crippen LogP contribution is 2.05. The van der Waals surface area contributed by atoms with E-state index in [0.717, 1.165) is 0 Å². The Morgan fingerprint density at radius 3 is 3.00 bits per heavy atom. The van der Waals surface area contributed by atoms with Crippen LogP contribution in [0.4, 0.5) is 0 Å². The van der Waals surface area contributed by atoms with E-state index < -0.39 is 5.97 Å². The predicted molar refractivity (Wildman–Crippen MR) is 50.5 cm³/mol. The molecule has 0 fully saturated rings. The number of carboxylic acids is 1. The third-order valence-corrected chi connectivity index (χ3v) is 1.82. The molecule has 0 saturated heterocycles. The van der Waals surface area contributed by atoms with E-state index in [4.69, 9.17) is 5.11 Å². The standard InChI is InChI=1S/C9H8N4O2/c14-9(15)5-8-12-11-6-13(8)7-3-1-2-4-10-7/h1-4,6H,5H2,(H,14,15). The summed E-state index contributed by atoms with van der Waals surface area (Å²) in [7, 11) is 0. The number of carbonyl (C=O) groups is 1. The maximum atomic E-state index is 10.5. The Kier molecular flexibility index (Phi) is 2.40. The van der Waals surface area contributed by atoms with Gasteiger partial charge in [-0.15, -0.1) is 10.2 Å². The highest BCUT2D eigenvalue weighted by Gasteiger charge is 2.10. The van der Waals surface area contributed by atoms with Gasteiger partial charge in [-0.05, 0) is 12.1 Å². The van der Waals surface area contributed by atoms with Gasteiger partial charge in [0.25, 0.3) is 0 Å². The van der Waals surface area contributed by atoms with Gasteiger partial charge in [0.05, 0.1) is 0 Å².